The summed E-state index contributed by atoms with van der Waals surface area (Å²) in [7, 11) is 0. The van der Waals surface area contributed by atoms with E-state index >= 15 is 0 Å². The Labute approximate surface area is 138 Å². The predicted octanol–water partition coefficient (Wildman–Crippen LogP) is 4.86. The van der Waals surface area contributed by atoms with Gasteiger partial charge in [-0.2, -0.15) is 13.2 Å². The molecule has 2 aromatic rings. The first-order valence-corrected chi connectivity index (χ1v) is 7.95. The van der Waals surface area contributed by atoms with Gasteiger partial charge in [-0.25, -0.2) is 0 Å². The van der Waals surface area contributed by atoms with E-state index in [0.717, 1.165) is 24.1 Å². The smallest absolute Gasteiger partial charge is 0.312 e. The maximum Gasteiger partial charge on any atom is 0.416 e. The van der Waals surface area contributed by atoms with Crippen LogP contribution in [0.25, 0.3) is 0 Å². The van der Waals surface area contributed by atoms with Gasteiger partial charge < -0.3 is 4.90 Å². The van der Waals surface area contributed by atoms with E-state index in [4.69, 9.17) is 0 Å². The first-order chi connectivity index (χ1) is 11.4. The maximum absolute atomic E-state index is 12.9. The fourth-order valence-electron chi connectivity index (χ4n) is 3.32. The van der Waals surface area contributed by atoms with E-state index < -0.39 is 11.7 Å². The molecule has 0 N–H and O–H groups in total. The molecule has 0 aliphatic carbocycles. The zero-order chi connectivity index (χ0) is 17.3. The predicted molar refractivity (Wildman–Crippen MR) is 86.8 cm³/mol. The molecule has 1 fully saturated rings. The standard InChI is InChI=1S/C19H18F3NO/c1-2-13-12-23(16-10-6-9-15(11-16)19(20,21)22)18(24)17(13)14-7-4-3-5-8-14/h3-11,13,17H,2,12H2,1H3/t13-,17-/m1/s1. The lowest BCUT2D eigenvalue weighted by Crippen LogP contribution is -2.26. The summed E-state index contributed by atoms with van der Waals surface area (Å²) < 4.78 is 38.8. The summed E-state index contributed by atoms with van der Waals surface area (Å²) >= 11 is 0. The summed E-state index contributed by atoms with van der Waals surface area (Å²) in [5.74, 6) is -0.340. The van der Waals surface area contributed by atoms with Crippen molar-refractivity contribution in [3.8, 4) is 0 Å². The molecule has 126 valence electrons. The number of hydrogen-bond donors (Lipinski definition) is 0. The maximum atomic E-state index is 12.9. The zero-order valence-corrected chi connectivity index (χ0v) is 13.3. The normalized spacial score (nSPS) is 21.3. The van der Waals surface area contributed by atoms with Crippen LogP contribution >= 0.6 is 0 Å². The van der Waals surface area contributed by atoms with Gasteiger partial charge in [0.2, 0.25) is 5.91 Å². The van der Waals surface area contributed by atoms with E-state index in [1.54, 1.807) is 6.07 Å². The van der Waals surface area contributed by atoms with Crippen LogP contribution in [0.15, 0.2) is 54.6 Å². The molecule has 0 aromatic heterocycles. The molecule has 0 radical (unpaired) electrons. The second-order valence-corrected chi connectivity index (χ2v) is 6.05. The third kappa shape index (κ3) is 3.03. The van der Waals surface area contributed by atoms with E-state index in [0.29, 0.717) is 12.2 Å². The van der Waals surface area contributed by atoms with Gasteiger partial charge in [-0.15, -0.1) is 0 Å². The third-order valence-electron chi connectivity index (χ3n) is 4.59. The minimum absolute atomic E-state index is 0.0921. The summed E-state index contributed by atoms with van der Waals surface area (Å²) in [6, 6.07) is 14.4. The van der Waals surface area contributed by atoms with Crippen molar-refractivity contribution in [1.82, 2.24) is 0 Å². The summed E-state index contributed by atoms with van der Waals surface area (Å²) in [6.45, 7) is 2.44. The number of halogens is 3. The Balaban J connectivity index is 1.95. The number of nitrogens with zero attached hydrogens (tertiary/aromatic N) is 1. The molecule has 1 saturated heterocycles. The van der Waals surface area contributed by atoms with Crippen LogP contribution in [0.1, 0.15) is 30.4 Å². The van der Waals surface area contributed by atoms with Crippen molar-refractivity contribution < 1.29 is 18.0 Å². The lowest BCUT2D eigenvalue weighted by Gasteiger charge is -2.18. The molecule has 0 bridgehead atoms. The average Bonchev–Trinajstić information content (AvgIpc) is 2.91. The number of carbonyl (C=O) groups is 1. The molecule has 1 aliphatic rings. The Kier molecular flexibility index (Phi) is 4.35. The number of amides is 1. The quantitative estimate of drug-likeness (QED) is 0.785. The Morgan fingerprint density at radius 1 is 1.08 bits per heavy atom. The van der Waals surface area contributed by atoms with Crippen LogP contribution in [-0.2, 0) is 11.0 Å². The summed E-state index contributed by atoms with van der Waals surface area (Å²) in [6.07, 6.45) is -3.62. The Morgan fingerprint density at radius 2 is 1.79 bits per heavy atom. The van der Waals surface area contributed by atoms with Crippen molar-refractivity contribution in [2.45, 2.75) is 25.4 Å². The van der Waals surface area contributed by atoms with E-state index in [9.17, 15) is 18.0 Å². The topological polar surface area (TPSA) is 20.3 Å². The second kappa shape index (κ2) is 6.30. The van der Waals surface area contributed by atoms with Gasteiger partial charge in [0.25, 0.3) is 0 Å². The fourth-order valence-corrected chi connectivity index (χ4v) is 3.32. The number of benzene rings is 2. The summed E-state index contributed by atoms with van der Waals surface area (Å²) in [5.41, 5.74) is 0.500. The SMILES string of the molecule is CC[C@@H]1CN(c2cccc(C(F)(F)F)c2)C(=O)[C@H]1c1ccccc1. The van der Waals surface area contributed by atoms with E-state index in [1.165, 1.54) is 11.0 Å². The molecule has 5 heteroatoms. The Morgan fingerprint density at radius 3 is 2.42 bits per heavy atom. The molecule has 0 saturated carbocycles. The monoisotopic (exact) mass is 333 g/mol. The van der Waals surface area contributed by atoms with Crippen LogP contribution in [0.4, 0.5) is 18.9 Å². The van der Waals surface area contributed by atoms with Crippen molar-refractivity contribution in [2.75, 3.05) is 11.4 Å². The van der Waals surface area contributed by atoms with Crippen molar-refractivity contribution in [2.24, 2.45) is 5.92 Å². The van der Waals surface area contributed by atoms with E-state index in [-0.39, 0.29) is 17.7 Å². The van der Waals surface area contributed by atoms with Gasteiger partial charge in [-0.1, -0.05) is 49.7 Å². The fraction of sp³-hybridized carbons (Fsp3) is 0.316. The van der Waals surface area contributed by atoms with Gasteiger partial charge in [-0.3, -0.25) is 4.79 Å². The van der Waals surface area contributed by atoms with Crippen LogP contribution in [0.5, 0.6) is 0 Å². The van der Waals surface area contributed by atoms with E-state index in [1.807, 2.05) is 37.3 Å². The summed E-state index contributed by atoms with van der Waals surface area (Å²) in [4.78, 5) is 14.4. The minimum atomic E-state index is -4.41. The van der Waals surface area contributed by atoms with Crippen LogP contribution in [0, 0.1) is 5.92 Å². The molecular formula is C19H18F3NO. The second-order valence-electron chi connectivity index (χ2n) is 6.05. The molecule has 2 nitrogen and oxygen atoms in total. The van der Waals surface area contributed by atoms with Gasteiger partial charge >= 0.3 is 6.18 Å². The van der Waals surface area contributed by atoms with E-state index in [2.05, 4.69) is 0 Å². The first kappa shape index (κ1) is 16.6. The summed E-state index contributed by atoms with van der Waals surface area (Å²) in [5, 5.41) is 0. The lowest BCUT2D eigenvalue weighted by molar-refractivity contribution is -0.137. The van der Waals surface area contributed by atoms with Gasteiger partial charge in [0.15, 0.2) is 0 Å². The lowest BCUT2D eigenvalue weighted by atomic mass is 9.87. The third-order valence-corrected chi connectivity index (χ3v) is 4.59. The molecule has 0 unspecified atom stereocenters. The van der Waals surface area contributed by atoms with Crippen molar-refractivity contribution in [1.29, 1.82) is 0 Å². The van der Waals surface area contributed by atoms with Gasteiger partial charge in [0.1, 0.15) is 0 Å². The highest BCUT2D eigenvalue weighted by atomic mass is 19.4. The number of carbonyl (C=O) groups excluding carboxylic acids is 1. The minimum Gasteiger partial charge on any atom is -0.312 e. The van der Waals surface area contributed by atoms with Crippen molar-refractivity contribution in [3.63, 3.8) is 0 Å². The molecule has 3 rings (SSSR count). The molecule has 2 atom stereocenters. The van der Waals surface area contributed by atoms with Crippen LogP contribution < -0.4 is 4.90 Å². The number of rotatable bonds is 3. The molecule has 1 heterocycles. The molecule has 1 aliphatic heterocycles. The highest BCUT2D eigenvalue weighted by Gasteiger charge is 2.41. The van der Waals surface area contributed by atoms with Crippen molar-refractivity contribution >= 4 is 11.6 Å². The molecule has 2 aromatic carbocycles. The molecule has 1 amide bonds. The Hall–Kier alpha value is -2.30. The van der Waals surface area contributed by atoms with Gasteiger partial charge in [0.05, 0.1) is 11.5 Å². The average molecular weight is 333 g/mol. The van der Waals surface area contributed by atoms with Crippen LogP contribution in [0.2, 0.25) is 0 Å². The van der Waals surface area contributed by atoms with Gasteiger partial charge in [0, 0.05) is 12.2 Å². The number of anilines is 1. The number of alkyl halides is 3. The highest BCUT2D eigenvalue weighted by Crippen LogP contribution is 2.39. The Bertz CT molecular complexity index is 727. The molecule has 24 heavy (non-hydrogen) atoms. The van der Waals surface area contributed by atoms with Crippen molar-refractivity contribution in [3.05, 3.63) is 65.7 Å². The first-order valence-electron chi connectivity index (χ1n) is 7.95. The molecule has 0 spiro atoms. The van der Waals surface area contributed by atoms with Crippen LogP contribution in [-0.4, -0.2) is 12.5 Å². The largest absolute Gasteiger partial charge is 0.416 e. The number of hydrogen-bond acceptors (Lipinski definition) is 1. The zero-order valence-electron chi connectivity index (χ0n) is 13.3. The highest BCUT2D eigenvalue weighted by molar-refractivity contribution is 6.00. The van der Waals surface area contributed by atoms with Gasteiger partial charge in [-0.05, 0) is 29.7 Å². The van der Waals surface area contributed by atoms with Crippen LogP contribution in [0.3, 0.4) is 0 Å². The molecular weight excluding hydrogens is 315 g/mol.